The molecule has 8 nitrogen and oxygen atoms in total. The van der Waals surface area contributed by atoms with Gasteiger partial charge in [0.1, 0.15) is 5.39 Å². The van der Waals surface area contributed by atoms with Crippen LogP contribution in [0.15, 0.2) is 37.0 Å². The summed E-state index contributed by atoms with van der Waals surface area (Å²) in [7, 11) is 2.89. The first-order valence-corrected chi connectivity index (χ1v) is 7.72. The molecule has 24 heavy (non-hydrogen) atoms. The highest BCUT2D eigenvalue weighted by Gasteiger charge is 2.19. The van der Waals surface area contributed by atoms with Gasteiger partial charge in [-0.05, 0) is 40.5 Å². The van der Waals surface area contributed by atoms with Gasteiger partial charge in [-0.25, -0.2) is 9.78 Å². The molecule has 0 saturated heterocycles. The van der Waals surface area contributed by atoms with E-state index in [-0.39, 0.29) is 16.8 Å². The number of aryl methyl sites for hydroxylation is 2. The van der Waals surface area contributed by atoms with Crippen molar-refractivity contribution in [2.45, 2.75) is 6.92 Å². The fourth-order valence-electron chi connectivity index (χ4n) is 2.40. The molecule has 0 aliphatic rings. The first-order chi connectivity index (χ1) is 11.3. The lowest BCUT2D eigenvalue weighted by Crippen LogP contribution is -2.37. The molecule has 0 aliphatic heterocycles. The number of anilines is 1. The number of nitrogens with one attached hydrogen (secondary N) is 1. The highest BCUT2D eigenvalue weighted by molar-refractivity contribution is 9.10. The Labute approximate surface area is 143 Å². The Morgan fingerprint density at radius 3 is 2.58 bits per heavy atom. The lowest BCUT2D eigenvalue weighted by Gasteiger charge is -2.13. The van der Waals surface area contributed by atoms with Crippen molar-refractivity contribution in [1.29, 1.82) is 0 Å². The lowest BCUT2D eigenvalue weighted by atomic mass is 10.2. The van der Waals surface area contributed by atoms with E-state index in [1.54, 1.807) is 13.0 Å². The molecule has 0 spiro atoms. The van der Waals surface area contributed by atoms with Crippen LogP contribution in [0.5, 0.6) is 0 Å². The van der Waals surface area contributed by atoms with Crippen LogP contribution in [0, 0.1) is 6.92 Å². The van der Waals surface area contributed by atoms with Gasteiger partial charge in [-0.3, -0.25) is 18.7 Å². The Kier molecular flexibility index (Phi) is 3.88. The van der Waals surface area contributed by atoms with E-state index in [0.717, 1.165) is 4.57 Å². The highest BCUT2D eigenvalue weighted by Crippen LogP contribution is 2.23. The minimum Gasteiger partial charge on any atom is -0.444 e. The average Bonchev–Trinajstić information content (AvgIpc) is 2.99. The lowest BCUT2D eigenvalue weighted by molar-refractivity contribution is 0.0995. The van der Waals surface area contributed by atoms with Crippen LogP contribution in [-0.2, 0) is 14.1 Å². The van der Waals surface area contributed by atoms with Gasteiger partial charge in [-0.2, -0.15) is 0 Å². The van der Waals surface area contributed by atoms with Crippen LogP contribution in [0.4, 0.5) is 5.69 Å². The quantitative estimate of drug-likeness (QED) is 0.712. The molecule has 0 fully saturated rings. The molecule has 1 N–H and O–H groups in total. The summed E-state index contributed by atoms with van der Waals surface area (Å²) >= 11 is 3.13. The van der Waals surface area contributed by atoms with Crippen LogP contribution in [-0.4, -0.2) is 20.0 Å². The number of aromatic nitrogens is 3. The van der Waals surface area contributed by atoms with E-state index in [2.05, 4.69) is 26.2 Å². The van der Waals surface area contributed by atoms with E-state index >= 15 is 0 Å². The number of fused-ring (bicyclic) bond motifs is 1. The maximum absolute atomic E-state index is 12.5. The van der Waals surface area contributed by atoms with E-state index in [0.29, 0.717) is 15.9 Å². The molecule has 124 valence electrons. The first-order valence-electron chi connectivity index (χ1n) is 6.93. The average molecular weight is 393 g/mol. The summed E-state index contributed by atoms with van der Waals surface area (Å²) in [5, 5.41) is 2.84. The summed E-state index contributed by atoms with van der Waals surface area (Å²) in [6, 6.07) is 3.10. The van der Waals surface area contributed by atoms with E-state index in [4.69, 9.17) is 4.42 Å². The fourth-order valence-corrected chi connectivity index (χ4v) is 2.70. The Morgan fingerprint density at radius 2 is 1.96 bits per heavy atom. The zero-order valence-corrected chi connectivity index (χ0v) is 14.7. The van der Waals surface area contributed by atoms with Crippen LogP contribution in [0.1, 0.15) is 16.1 Å². The summed E-state index contributed by atoms with van der Waals surface area (Å²) in [4.78, 5) is 41.1. The molecule has 0 radical (unpaired) electrons. The molecule has 0 unspecified atom stereocenters. The van der Waals surface area contributed by atoms with Crippen molar-refractivity contribution >= 4 is 38.6 Å². The molecular formula is C15H13BrN4O4. The van der Waals surface area contributed by atoms with Crippen LogP contribution in [0.25, 0.3) is 11.0 Å². The third-order valence-corrected chi connectivity index (χ3v) is 4.12. The van der Waals surface area contributed by atoms with Crippen LogP contribution >= 0.6 is 15.9 Å². The number of furan rings is 1. The Hall–Kier alpha value is -2.68. The van der Waals surface area contributed by atoms with Gasteiger partial charge in [0.15, 0.2) is 16.1 Å². The van der Waals surface area contributed by atoms with Crippen molar-refractivity contribution in [2.24, 2.45) is 14.1 Å². The third kappa shape index (κ3) is 2.46. The van der Waals surface area contributed by atoms with E-state index in [1.807, 2.05) is 0 Å². The largest absolute Gasteiger partial charge is 0.444 e. The molecule has 3 aromatic heterocycles. The number of nitrogens with zero attached hydrogens (tertiary/aromatic N) is 3. The van der Waals surface area contributed by atoms with Crippen LogP contribution in [0.2, 0.25) is 0 Å². The summed E-state index contributed by atoms with van der Waals surface area (Å²) in [5.74, 6) is -0.417. The second-order valence-corrected chi connectivity index (χ2v) is 6.06. The summed E-state index contributed by atoms with van der Waals surface area (Å²) in [5.41, 5.74) is 0.0758. The van der Waals surface area contributed by atoms with Crippen LogP contribution < -0.4 is 16.6 Å². The topological polar surface area (TPSA) is 99.1 Å². The number of carbonyl (C=O) groups excluding carboxylic acids is 1. The maximum atomic E-state index is 12.5. The highest BCUT2D eigenvalue weighted by atomic mass is 79.9. The van der Waals surface area contributed by atoms with Gasteiger partial charge >= 0.3 is 5.69 Å². The summed E-state index contributed by atoms with van der Waals surface area (Å²) in [6.45, 7) is 1.71. The van der Waals surface area contributed by atoms with E-state index in [1.165, 1.54) is 30.9 Å². The van der Waals surface area contributed by atoms with Gasteiger partial charge in [0, 0.05) is 20.3 Å². The van der Waals surface area contributed by atoms with Crippen molar-refractivity contribution in [1.82, 2.24) is 14.1 Å². The summed E-state index contributed by atoms with van der Waals surface area (Å²) < 4.78 is 7.87. The van der Waals surface area contributed by atoms with Gasteiger partial charge in [0.2, 0.25) is 0 Å². The van der Waals surface area contributed by atoms with Crippen molar-refractivity contribution in [3.8, 4) is 0 Å². The minimum absolute atomic E-state index is 0.0906. The second kappa shape index (κ2) is 5.75. The molecule has 9 heteroatoms. The molecule has 0 bridgehead atoms. The number of pyridine rings is 1. The molecule has 0 aromatic carbocycles. The number of hydrogen-bond acceptors (Lipinski definition) is 5. The fraction of sp³-hybridized carbons (Fsp3) is 0.200. The molecule has 1 amide bonds. The smallest absolute Gasteiger partial charge is 0.332 e. The van der Waals surface area contributed by atoms with Crippen molar-refractivity contribution in [3.05, 3.63) is 55.2 Å². The molecular weight excluding hydrogens is 380 g/mol. The normalized spacial score (nSPS) is 11.0. The van der Waals surface area contributed by atoms with E-state index < -0.39 is 17.2 Å². The molecule has 3 heterocycles. The first kappa shape index (κ1) is 16.2. The van der Waals surface area contributed by atoms with Crippen molar-refractivity contribution < 1.29 is 9.21 Å². The Bertz CT molecular complexity index is 1090. The van der Waals surface area contributed by atoms with Gasteiger partial charge in [0.05, 0.1) is 5.69 Å². The molecule has 0 aliphatic carbocycles. The minimum atomic E-state index is -0.528. The van der Waals surface area contributed by atoms with Gasteiger partial charge in [-0.1, -0.05) is 0 Å². The maximum Gasteiger partial charge on any atom is 0.332 e. The van der Waals surface area contributed by atoms with Crippen molar-refractivity contribution in [2.75, 3.05) is 5.32 Å². The number of halogens is 1. The predicted molar refractivity (Wildman–Crippen MR) is 91.3 cm³/mol. The van der Waals surface area contributed by atoms with Gasteiger partial charge < -0.3 is 9.73 Å². The van der Waals surface area contributed by atoms with Gasteiger partial charge in [-0.15, -0.1) is 0 Å². The Balaban J connectivity index is 2.24. The predicted octanol–water partition coefficient (Wildman–Crippen LogP) is 1.55. The number of carbonyl (C=O) groups is 1. The third-order valence-electron chi connectivity index (χ3n) is 3.69. The molecule has 3 aromatic rings. The Morgan fingerprint density at radius 1 is 1.25 bits per heavy atom. The number of rotatable bonds is 2. The number of hydrogen-bond donors (Lipinski definition) is 1. The molecule has 0 saturated carbocycles. The van der Waals surface area contributed by atoms with Crippen LogP contribution in [0.3, 0.4) is 0 Å². The number of amides is 1. The SMILES string of the molecule is Cc1cnc2c(c1NC(=O)c1ccc(Br)o1)c(=O)n(C)c(=O)n2C. The van der Waals surface area contributed by atoms with Crippen molar-refractivity contribution in [3.63, 3.8) is 0 Å². The summed E-state index contributed by atoms with van der Waals surface area (Å²) in [6.07, 6.45) is 1.49. The molecule has 3 rings (SSSR count). The standard InChI is InChI=1S/C15H13BrN4O4/c1-7-6-17-12-10(14(22)20(3)15(23)19(12)2)11(7)18-13(21)8-4-5-9(16)24-8/h4-6H,1-3H3,(H,17,18,21). The van der Waals surface area contributed by atoms with Gasteiger partial charge in [0.25, 0.3) is 11.5 Å². The zero-order valence-electron chi connectivity index (χ0n) is 13.1. The second-order valence-electron chi connectivity index (χ2n) is 5.28. The monoisotopic (exact) mass is 392 g/mol. The molecule has 0 atom stereocenters. The zero-order chi connectivity index (χ0) is 17.6. The van der Waals surface area contributed by atoms with E-state index in [9.17, 15) is 14.4 Å².